The standard InChI is InChI=1S/3C6H12O6.3Na/c3*1-2(7)3(8)4(9)5(10)6(11)12;;;/h3*2-5,7-10H,1H3,(H,11,12);;;/q;;;3*+1/p-3. The van der Waals surface area contributed by atoms with Crippen molar-refractivity contribution in [2.75, 3.05) is 0 Å². The van der Waals surface area contributed by atoms with E-state index >= 15 is 0 Å². The van der Waals surface area contributed by atoms with Crippen LogP contribution >= 0.6 is 0 Å². The number of aliphatic hydroxyl groups is 12. The van der Waals surface area contributed by atoms with Gasteiger partial charge >= 0.3 is 88.7 Å². The van der Waals surface area contributed by atoms with Crippen molar-refractivity contribution in [2.24, 2.45) is 0 Å². The van der Waals surface area contributed by atoms with E-state index in [0.717, 1.165) is 20.8 Å². The Hall–Kier alpha value is 0.930. The van der Waals surface area contributed by atoms with E-state index in [1.54, 1.807) is 0 Å². The summed E-state index contributed by atoms with van der Waals surface area (Å²) in [5.74, 6) is -5.70. The van der Waals surface area contributed by atoms with Crippen LogP contribution in [0.1, 0.15) is 20.8 Å². The van der Waals surface area contributed by atoms with Crippen molar-refractivity contribution in [3.8, 4) is 0 Å². The largest absolute Gasteiger partial charge is 1.00 e. The molecule has 216 valence electrons. The van der Waals surface area contributed by atoms with E-state index in [-0.39, 0.29) is 88.7 Å². The maximum atomic E-state index is 9.95. The first-order valence-electron chi connectivity index (χ1n) is 9.92. The summed E-state index contributed by atoms with van der Waals surface area (Å²) in [6.07, 6.45) is -21.6. The van der Waals surface area contributed by atoms with Gasteiger partial charge in [0.15, 0.2) is 0 Å². The van der Waals surface area contributed by atoms with Crippen LogP contribution in [0.2, 0.25) is 0 Å². The fourth-order valence-electron chi connectivity index (χ4n) is 1.83. The molecule has 18 nitrogen and oxygen atoms in total. The molecule has 39 heavy (non-hydrogen) atoms. The van der Waals surface area contributed by atoms with Crippen molar-refractivity contribution in [1.29, 1.82) is 0 Å². The Bertz CT molecular complexity index is 569. The van der Waals surface area contributed by atoms with Crippen LogP contribution in [-0.4, -0.2) is 152 Å². The van der Waals surface area contributed by atoms with Crippen LogP contribution in [0.15, 0.2) is 0 Å². The van der Waals surface area contributed by atoms with Gasteiger partial charge in [-0.2, -0.15) is 0 Å². The monoisotopic (exact) mass is 606 g/mol. The van der Waals surface area contributed by atoms with Gasteiger partial charge in [0.25, 0.3) is 0 Å². The molecule has 0 aliphatic rings. The normalized spacial score (nSPS) is 19.5. The molecule has 0 fully saturated rings. The Balaban J connectivity index is -0.000000101. The van der Waals surface area contributed by atoms with E-state index in [1.165, 1.54) is 0 Å². The maximum Gasteiger partial charge on any atom is 1.00 e. The van der Waals surface area contributed by atoms with Gasteiger partial charge in [-0.15, -0.1) is 0 Å². The third-order valence-corrected chi connectivity index (χ3v) is 4.23. The molecule has 0 saturated carbocycles. The number of aliphatic hydroxyl groups excluding tert-OH is 12. The van der Waals surface area contributed by atoms with E-state index in [0.29, 0.717) is 0 Å². The molecule has 0 aliphatic carbocycles. The average molecular weight is 606 g/mol. The number of carboxylic acid groups (broad SMARTS) is 3. The van der Waals surface area contributed by atoms with Crippen molar-refractivity contribution in [3.63, 3.8) is 0 Å². The van der Waals surface area contributed by atoms with Crippen molar-refractivity contribution in [3.05, 3.63) is 0 Å². The second-order valence-electron chi connectivity index (χ2n) is 7.46. The number of hydrogen-bond donors (Lipinski definition) is 12. The SMILES string of the molecule is CC(O)C(O)C(O)C(O)C(=O)[O-].CC(O)C(O)C(O)C(O)C(=O)[O-].CC(O)C(O)C(O)C(O)C(=O)[O-].[Na+].[Na+].[Na+]. The van der Waals surface area contributed by atoms with Gasteiger partial charge in [-0.1, -0.05) is 0 Å². The van der Waals surface area contributed by atoms with E-state index in [9.17, 15) is 29.7 Å². The fraction of sp³-hybridized carbons (Fsp3) is 0.833. The van der Waals surface area contributed by atoms with Gasteiger partial charge < -0.3 is 91.0 Å². The van der Waals surface area contributed by atoms with Gasteiger partial charge in [0.2, 0.25) is 0 Å². The Labute approximate surface area is 289 Å². The molecule has 12 N–H and O–H groups in total. The smallest absolute Gasteiger partial charge is 0.547 e. The van der Waals surface area contributed by atoms with E-state index in [2.05, 4.69) is 0 Å². The van der Waals surface area contributed by atoms with Crippen LogP contribution in [-0.2, 0) is 14.4 Å². The zero-order valence-electron chi connectivity index (χ0n) is 22.2. The predicted molar refractivity (Wildman–Crippen MR) is 104 cm³/mol. The first-order chi connectivity index (χ1) is 16.1. The third-order valence-electron chi connectivity index (χ3n) is 4.23. The van der Waals surface area contributed by atoms with Gasteiger partial charge in [0, 0.05) is 0 Å². The number of aliphatic carboxylic acids is 3. The second kappa shape index (κ2) is 26.5. The zero-order valence-corrected chi connectivity index (χ0v) is 28.2. The van der Waals surface area contributed by atoms with Gasteiger partial charge in [-0.3, -0.25) is 0 Å². The van der Waals surface area contributed by atoms with E-state index in [1.807, 2.05) is 0 Å². The molecular formula is C18H33Na3O18. The number of carboxylic acids is 3. The number of hydrogen-bond acceptors (Lipinski definition) is 18. The average Bonchev–Trinajstić information content (AvgIpc) is 2.79. The molecule has 0 amide bonds. The summed E-state index contributed by atoms with van der Waals surface area (Å²) in [6, 6.07) is 0. The van der Waals surface area contributed by atoms with Crippen molar-refractivity contribution >= 4 is 17.9 Å². The van der Waals surface area contributed by atoms with Gasteiger partial charge in [-0.25, -0.2) is 0 Å². The van der Waals surface area contributed by atoms with Crippen LogP contribution < -0.4 is 104 Å². The molecule has 0 bridgehead atoms. The summed E-state index contributed by atoms with van der Waals surface area (Å²) in [7, 11) is 0. The van der Waals surface area contributed by atoms with Gasteiger partial charge in [0.05, 0.1) is 36.2 Å². The zero-order chi connectivity index (χ0) is 29.7. The minimum Gasteiger partial charge on any atom is -0.547 e. The van der Waals surface area contributed by atoms with E-state index < -0.39 is 91.2 Å². The molecule has 12 atom stereocenters. The molecule has 0 saturated heterocycles. The summed E-state index contributed by atoms with van der Waals surface area (Å²) in [6.45, 7) is 3.45. The molecule has 0 spiro atoms. The van der Waals surface area contributed by atoms with Crippen molar-refractivity contribution in [2.45, 2.75) is 94.0 Å². The second-order valence-corrected chi connectivity index (χ2v) is 7.46. The molecule has 0 heterocycles. The molecule has 12 unspecified atom stereocenters. The summed E-state index contributed by atoms with van der Waals surface area (Å²) in [4.78, 5) is 29.9. The molecule has 0 aromatic heterocycles. The molecule has 0 aliphatic heterocycles. The Kier molecular flexibility index (Phi) is 35.8. The Morgan fingerprint density at radius 3 is 0.590 bits per heavy atom. The summed E-state index contributed by atoms with van der Waals surface area (Å²) in [5, 5.41) is 135. The molecule has 0 radical (unpaired) electrons. The maximum absolute atomic E-state index is 9.95. The minimum absolute atomic E-state index is 0. The summed E-state index contributed by atoms with van der Waals surface area (Å²) in [5.41, 5.74) is 0. The first kappa shape index (κ1) is 52.6. The minimum atomic E-state index is -2.20. The summed E-state index contributed by atoms with van der Waals surface area (Å²) >= 11 is 0. The van der Waals surface area contributed by atoms with Crippen molar-refractivity contribution in [1.82, 2.24) is 0 Å². The summed E-state index contributed by atoms with van der Waals surface area (Å²) < 4.78 is 0. The van der Waals surface area contributed by atoms with Crippen LogP contribution in [0.5, 0.6) is 0 Å². The van der Waals surface area contributed by atoms with Crippen molar-refractivity contribution < 1.29 is 180 Å². The van der Waals surface area contributed by atoms with Gasteiger partial charge in [-0.05, 0) is 20.8 Å². The molecule has 21 heteroatoms. The number of carbonyl (C=O) groups is 3. The topological polar surface area (TPSA) is 363 Å². The Morgan fingerprint density at radius 1 is 0.385 bits per heavy atom. The third kappa shape index (κ3) is 22.2. The fourth-order valence-corrected chi connectivity index (χ4v) is 1.83. The first-order valence-corrected chi connectivity index (χ1v) is 9.92. The molecule has 0 aromatic rings. The van der Waals surface area contributed by atoms with Crippen LogP contribution in [0.4, 0.5) is 0 Å². The van der Waals surface area contributed by atoms with Crippen LogP contribution in [0.25, 0.3) is 0 Å². The van der Waals surface area contributed by atoms with Gasteiger partial charge in [0.1, 0.15) is 54.9 Å². The van der Waals surface area contributed by atoms with Crippen LogP contribution in [0.3, 0.4) is 0 Å². The molecular weight excluding hydrogens is 573 g/mol. The number of rotatable bonds is 12. The number of carbonyl (C=O) groups excluding carboxylic acids is 3. The molecule has 0 rings (SSSR count). The van der Waals surface area contributed by atoms with Crippen LogP contribution in [0, 0.1) is 0 Å². The predicted octanol–water partition coefficient (Wildman–Crippen LogP) is -20.4. The van der Waals surface area contributed by atoms with E-state index in [4.69, 9.17) is 61.3 Å². The quantitative estimate of drug-likeness (QED) is 0.0917. The molecule has 0 aromatic carbocycles. The Morgan fingerprint density at radius 2 is 0.513 bits per heavy atom.